The first-order chi connectivity index (χ1) is 19.4. The highest BCUT2D eigenvalue weighted by Crippen LogP contribution is 2.34. The molecule has 0 spiro atoms. The number of thioether (sulfide) groups is 1. The SMILES string of the molecule is CC(Sc1nnc(-c2c[nH]c3ccccc23)n1-c1ccccc1)C(=O)Nc1ccc(S(=O)(=O)N2CCCC2)cc1. The van der Waals surface area contributed by atoms with Crippen molar-refractivity contribution in [2.75, 3.05) is 18.4 Å². The number of anilines is 1. The maximum absolute atomic E-state index is 13.1. The van der Waals surface area contributed by atoms with Gasteiger partial charge in [0.05, 0.1) is 10.1 Å². The predicted molar refractivity (Wildman–Crippen MR) is 157 cm³/mol. The van der Waals surface area contributed by atoms with Crippen molar-refractivity contribution in [2.45, 2.75) is 35.1 Å². The Hall–Kier alpha value is -3.93. The van der Waals surface area contributed by atoms with Gasteiger partial charge in [-0.3, -0.25) is 9.36 Å². The van der Waals surface area contributed by atoms with Gasteiger partial charge in [-0.15, -0.1) is 10.2 Å². The molecule has 0 saturated carbocycles. The van der Waals surface area contributed by atoms with Crippen LogP contribution in [0.5, 0.6) is 0 Å². The average molecular weight is 573 g/mol. The van der Waals surface area contributed by atoms with Crippen molar-refractivity contribution in [3.8, 4) is 17.1 Å². The fourth-order valence-corrected chi connectivity index (χ4v) is 7.21. The second-order valence-electron chi connectivity index (χ2n) is 9.61. The quantitative estimate of drug-likeness (QED) is 0.243. The molecule has 1 aliphatic rings. The van der Waals surface area contributed by atoms with Crippen molar-refractivity contribution in [1.29, 1.82) is 0 Å². The summed E-state index contributed by atoms with van der Waals surface area (Å²) in [6, 6.07) is 24.2. The van der Waals surface area contributed by atoms with E-state index in [1.807, 2.05) is 72.3 Å². The number of para-hydroxylation sites is 2. The first-order valence-electron chi connectivity index (χ1n) is 13.1. The number of rotatable bonds is 8. The van der Waals surface area contributed by atoms with Gasteiger partial charge in [0.2, 0.25) is 15.9 Å². The number of fused-ring (bicyclic) bond motifs is 1. The molecule has 3 heterocycles. The molecule has 1 aliphatic heterocycles. The smallest absolute Gasteiger partial charge is 0.243 e. The molecule has 40 heavy (non-hydrogen) atoms. The number of H-pyrrole nitrogens is 1. The zero-order chi connectivity index (χ0) is 27.7. The van der Waals surface area contributed by atoms with E-state index in [1.54, 1.807) is 24.3 Å². The van der Waals surface area contributed by atoms with Crippen molar-refractivity contribution in [3.05, 3.63) is 85.1 Å². The van der Waals surface area contributed by atoms with Gasteiger partial charge in [-0.2, -0.15) is 4.31 Å². The minimum Gasteiger partial charge on any atom is -0.360 e. The summed E-state index contributed by atoms with van der Waals surface area (Å²) in [6.45, 7) is 2.90. The van der Waals surface area contributed by atoms with Gasteiger partial charge in [0.25, 0.3) is 0 Å². The van der Waals surface area contributed by atoms with Gasteiger partial charge in [-0.1, -0.05) is 48.2 Å². The van der Waals surface area contributed by atoms with Gasteiger partial charge in [0, 0.05) is 47.1 Å². The van der Waals surface area contributed by atoms with Crippen molar-refractivity contribution in [2.24, 2.45) is 0 Å². The van der Waals surface area contributed by atoms with Gasteiger partial charge >= 0.3 is 0 Å². The van der Waals surface area contributed by atoms with Gasteiger partial charge in [-0.25, -0.2) is 8.42 Å². The highest BCUT2D eigenvalue weighted by atomic mass is 32.2. The Bertz CT molecular complexity index is 1760. The van der Waals surface area contributed by atoms with E-state index in [2.05, 4.69) is 20.5 Å². The molecule has 2 N–H and O–H groups in total. The largest absolute Gasteiger partial charge is 0.360 e. The Morgan fingerprint density at radius 3 is 2.40 bits per heavy atom. The van der Waals surface area contributed by atoms with Gasteiger partial charge in [0.15, 0.2) is 11.0 Å². The Kier molecular flexibility index (Phi) is 7.18. The van der Waals surface area contributed by atoms with Crippen LogP contribution in [0.25, 0.3) is 28.0 Å². The number of nitrogens with one attached hydrogen (secondary N) is 2. The summed E-state index contributed by atoms with van der Waals surface area (Å²) in [7, 11) is -3.51. The summed E-state index contributed by atoms with van der Waals surface area (Å²) in [5.74, 6) is 0.449. The number of carbonyl (C=O) groups excluding carboxylic acids is 1. The molecule has 0 aliphatic carbocycles. The lowest BCUT2D eigenvalue weighted by molar-refractivity contribution is -0.115. The molecule has 6 rings (SSSR count). The van der Waals surface area contributed by atoms with Crippen molar-refractivity contribution >= 4 is 44.3 Å². The summed E-state index contributed by atoms with van der Waals surface area (Å²) in [6.07, 6.45) is 3.68. The predicted octanol–water partition coefficient (Wildman–Crippen LogP) is 5.32. The molecule has 1 saturated heterocycles. The molecule has 2 aromatic heterocycles. The molecule has 1 atom stereocenters. The standard InChI is InChI=1S/C29H28N6O3S2/c1-20(28(36)31-21-13-15-23(16-14-21)40(37,38)34-17-7-8-18-34)39-29-33-32-27(35(29)22-9-3-2-4-10-22)25-19-30-26-12-6-5-11-24(25)26/h2-6,9-16,19-20,30H,7-8,17-18H2,1H3,(H,31,36). The fraction of sp³-hybridized carbons (Fsp3) is 0.207. The lowest BCUT2D eigenvalue weighted by Crippen LogP contribution is -2.27. The minimum atomic E-state index is -3.51. The first-order valence-corrected chi connectivity index (χ1v) is 15.4. The average Bonchev–Trinajstić information content (AvgIpc) is 3.74. The van der Waals surface area contributed by atoms with Crippen LogP contribution in [0.15, 0.2) is 95.1 Å². The number of carbonyl (C=O) groups is 1. The second kappa shape index (κ2) is 10.9. The third-order valence-electron chi connectivity index (χ3n) is 6.95. The molecular weight excluding hydrogens is 544 g/mol. The van der Waals surface area contributed by atoms with Crippen LogP contribution in [-0.4, -0.2) is 56.7 Å². The summed E-state index contributed by atoms with van der Waals surface area (Å²) in [5, 5.41) is 13.0. The van der Waals surface area contributed by atoms with Crippen molar-refractivity contribution in [3.63, 3.8) is 0 Å². The highest BCUT2D eigenvalue weighted by molar-refractivity contribution is 8.00. The number of sulfonamides is 1. The number of aromatic amines is 1. The van der Waals surface area contributed by atoms with Crippen LogP contribution in [0.1, 0.15) is 19.8 Å². The Morgan fingerprint density at radius 2 is 1.65 bits per heavy atom. The number of benzene rings is 3. The van der Waals surface area contributed by atoms with E-state index in [9.17, 15) is 13.2 Å². The highest BCUT2D eigenvalue weighted by Gasteiger charge is 2.27. The summed E-state index contributed by atoms with van der Waals surface area (Å²) in [4.78, 5) is 16.7. The number of hydrogen-bond acceptors (Lipinski definition) is 6. The lowest BCUT2D eigenvalue weighted by atomic mass is 10.1. The third kappa shape index (κ3) is 5.03. The molecule has 5 aromatic rings. The Labute approximate surface area is 236 Å². The van der Waals surface area contributed by atoms with E-state index in [0.29, 0.717) is 29.8 Å². The maximum Gasteiger partial charge on any atom is 0.243 e. The van der Waals surface area contributed by atoms with Crippen LogP contribution < -0.4 is 5.32 Å². The molecule has 1 unspecified atom stereocenters. The maximum atomic E-state index is 13.1. The van der Waals surface area contributed by atoms with E-state index in [0.717, 1.165) is 35.0 Å². The van der Waals surface area contributed by atoms with Gasteiger partial charge in [-0.05, 0) is 62.2 Å². The van der Waals surface area contributed by atoms with Crippen LogP contribution in [0.2, 0.25) is 0 Å². The van der Waals surface area contributed by atoms with Crippen LogP contribution >= 0.6 is 11.8 Å². The number of amides is 1. The topological polar surface area (TPSA) is 113 Å². The van der Waals surface area contributed by atoms with E-state index in [1.165, 1.54) is 16.1 Å². The second-order valence-corrected chi connectivity index (χ2v) is 12.9. The molecule has 0 bridgehead atoms. The van der Waals surface area contributed by atoms with E-state index >= 15 is 0 Å². The van der Waals surface area contributed by atoms with Crippen molar-refractivity contribution < 1.29 is 13.2 Å². The normalized spacial score (nSPS) is 14.9. The number of hydrogen-bond donors (Lipinski definition) is 2. The zero-order valence-electron chi connectivity index (χ0n) is 21.8. The molecule has 204 valence electrons. The summed E-state index contributed by atoms with van der Waals surface area (Å²) < 4.78 is 29.1. The molecular formula is C29H28N6O3S2. The zero-order valence-corrected chi connectivity index (χ0v) is 23.5. The Balaban J connectivity index is 1.23. The minimum absolute atomic E-state index is 0.226. The summed E-state index contributed by atoms with van der Waals surface area (Å²) >= 11 is 1.30. The number of nitrogens with zero attached hydrogens (tertiary/aromatic N) is 4. The van der Waals surface area contributed by atoms with Crippen molar-refractivity contribution in [1.82, 2.24) is 24.1 Å². The molecule has 11 heteroatoms. The molecule has 9 nitrogen and oxygen atoms in total. The molecule has 3 aromatic carbocycles. The van der Waals surface area contributed by atoms with Gasteiger partial charge < -0.3 is 10.3 Å². The van der Waals surface area contributed by atoms with Crippen LogP contribution in [0, 0.1) is 0 Å². The van der Waals surface area contributed by atoms with E-state index in [-0.39, 0.29) is 10.8 Å². The lowest BCUT2D eigenvalue weighted by Gasteiger charge is -2.16. The van der Waals surface area contributed by atoms with Crippen LogP contribution in [0.4, 0.5) is 5.69 Å². The van der Waals surface area contributed by atoms with Gasteiger partial charge in [0.1, 0.15) is 0 Å². The third-order valence-corrected chi connectivity index (χ3v) is 9.91. The van der Waals surface area contributed by atoms with Crippen LogP contribution in [-0.2, 0) is 14.8 Å². The summed E-state index contributed by atoms with van der Waals surface area (Å²) in [5.41, 5.74) is 3.33. The molecule has 1 amide bonds. The first kappa shape index (κ1) is 26.3. The monoisotopic (exact) mass is 572 g/mol. The number of aromatic nitrogens is 4. The van der Waals surface area contributed by atoms with Crippen LogP contribution in [0.3, 0.4) is 0 Å². The molecule has 1 fully saturated rings. The molecule has 0 radical (unpaired) electrons. The van der Waals surface area contributed by atoms with E-state index in [4.69, 9.17) is 0 Å². The fourth-order valence-electron chi connectivity index (χ4n) is 4.83. The van der Waals surface area contributed by atoms with E-state index < -0.39 is 15.3 Å². The Morgan fingerprint density at radius 1 is 0.950 bits per heavy atom.